The molecule has 0 aromatic rings. The summed E-state index contributed by atoms with van der Waals surface area (Å²) in [5.41, 5.74) is 0.0233. The van der Waals surface area contributed by atoms with Crippen LogP contribution in [0.1, 0.15) is 86.5 Å². The fourth-order valence-corrected chi connectivity index (χ4v) is 4.16. The molecule has 1 heterocycles. The fraction of sp³-hybridized carbons (Fsp3) is 1.00. The lowest BCUT2D eigenvalue weighted by Gasteiger charge is -2.41. The summed E-state index contributed by atoms with van der Waals surface area (Å²) in [7, 11) is 0. The molecule has 0 N–H and O–H groups in total. The Morgan fingerprint density at radius 3 is 2.25 bits per heavy atom. The third kappa shape index (κ3) is 3.39. The molecular formula is C18H34O2. The van der Waals surface area contributed by atoms with Gasteiger partial charge in [0.25, 0.3) is 0 Å². The smallest absolute Gasteiger partial charge is 0.164 e. The van der Waals surface area contributed by atoms with Gasteiger partial charge >= 0.3 is 0 Å². The molecule has 1 aliphatic carbocycles. The van der Waals surface area contributed by atoms with Crippen LogP contribution in [-0.2, 0) is 9.47 Å². The molecule has 2 fully saturated rings. The summed E-state index contributed by atoms with van der Waals surface area (Å²) in [6.45, 7) is 13.5. The maximum absolute atomic E-state index is 6.56. The fourth-order valence-electron chi connectivity index (χ4n) is 4.16. The van der Waals surface area contributed by atoms with E-state index in [2.05, 4.69) is 41.5 Å². The molecule has 20 heavy (non-hydrogen) atoms. The maximum atomic E-state index is 6.56. The van der Waals surface area contributed by atoms with Crippen molar-refractivity contribution in [2.75, 3.05) is 0 Å². The van der Waals surface area contributed by atoms with Crippen LogP contribution >= 0.6 is 0 Å². The largest absolute Gasteiger partial charge is 0.346 e. The molecule has 2 unspecified atom stereocenters. The summed E-state index contributed by atoms with van der Waals surface area (Å²) in [5.74, 6) is 0.685. The van der Waals surface area contributed by atoms with Gasteiger partial charge in [0.2, 0.25) is 0 Å². The summed E-state index contributed by atoms with van der Waals surface area (Å²) in [5, 5.41) is 0. The van der Waals surface area contributed by atoms with Gasteiger partial charge < -0.3 is 9.47 Å². The second kappa shape index (κ2) is 5.61. The lowest BCUT2D eigenvalue weighted by molar-refractivity contribution is -0.250. The quantitative estimate of drug-likeness (QED) is 0.696. The van der Waals surface area contributed by atoms with E-state index in [1.54, 1.807) is 0 Å². The van der Waals surface area contributed by atoms with Gasteiger partial charge in [0.1, 0.15) is 0 Å². The monoisotopic (exact) mass is 282 g/mol. The Morgan fingerprint density at radius 1 is 1.10 bits per heavy atom. The van der Waals surface area contributed by atoms with Crippen LogP contribution in [0.5, 0.6) is 0 Å². The van der Waals surface area contributed by atoms with Crippen molar-refractivity contribution in [2.24, 2.45) is 11.3 Å². The first-order chi connectivity index (χ1) is 9.19. The molecule has 1 saturated carbocycles. The topological polar surface area (TPSA) is 18.5 Å². The molecule has 2 aliphatic rings. The Labute approximate surface area is 125 Å². The minimum atomic E-state index is -0.0675. The number of rotatable bonds is 4. The van der Waals surface area contributed by atoms with Gasteiger partial charge in [-0.25, -0.2) is 0 Å². The molecule has 0 spiro atoms. The van der Waals surface area contributed by atoms with Crippen LogP contribution in [0.2, 0.25) is 0 Å². The summed E-state index contributed by atoms with van der Waals surface area (Å²) < 4.78 is 12.8. The summed E-state index contributed by atoms with van der Waals surface area (Å²) in [6, 6.07) is 0. The molecule has 118 valence electrons. The highest BCUT2D eigenvalue weighted by atomic mass is 16.7. The first-order valence-electron chi connectivity index (χ1n) is 8.54. The van der Waals surface area contributed by atoms with Gasteiger partial charge in [0, 0.05) is 5.41 Å². The highest BCUT2D eigenvalue weighted by Crippen LogP contribution is 2.49. The van der Waals surface area contributed by atoms with E-state index in [0.717, 1.165) is 12.8 Å². The Hall–Kier alpha value is -0.0800. The molecule has 1 saturated heterocycles. The minimum absolute atomic E-state index is 0.0561. The summed E-state index contributed by atoms with van der Waals surface area (Å²) in [6.07, 6.45) is 8.88. The van der Waals surface area contributed by atoms with Gasteiger partial charge in [-0.2, -0.15) is 0 Å². The standard InChI is InChI=1S/C18H34O2/c1-7-18(6)13-16(2,3)19-15(18)20-17(4,5)14-11-9-8-10-12-14/h14-15H,7-13H2,1-6H3. The predicted octanol–water partition coefficient (Wildman–Crippen LogP) is 5.30. The van der Waals surface area contributed by atoms with E-state index in [1.807, 2.05) is 0 Å². The van der Waals surface area contributed by atoms with E-state index in [1.165, 1.54) is 32.1 Å². The lowest BCUT2D eigenvalue weighted by Crippen LogP contribution is -2.43. The van der Waals surface area contributed by atoms with Crippen LogP contribution in [-0.4, -0.2) is 17.5 Å². The number of hydrogen-bond donors (Lipinski definition) is 0. The third-order valence-electron chi connectivity index (χ3n) is 5.63. The van der Waals surface area contributed by atoms with Gasteiger partial charge in [0.15, 0.2) is 6.29 Å². The highest BCUT2D eigenvalue weighted by molar-refractivity contribution is 4.94. The molecule has 0 radical (unpaired) electrons. The molecule has 0 amide bonds. The highest BCUT2D eigenvalue weighted by Gasteiger charge is 2.51. The summed E-state index contributed by atoms with van der Waals surface area (Å²) >= 11 is 0. The average molecular weight is 282 g/mol. The van der Waals surface area contributed by atoms with E-state index in [-0.39, 0.29) is 22.9 Å². The van der Waals surface area contributed by atoms with Crippen LogP contribution in [0.15, 0.2) is 0 Å². The van der Waals surface area contributed by atoms with Crippen molar-refractivity contribution in [3.05, 3.63) is 0 Å². The van der Waals surface area contributed by atoms with Crippen molar-refractivity contribution >= 4 is 0 Å². The van der Waals surface area contributed by atoms with Gasteiger partial charge in [-0.15, -0.1) is 0 Å². The maximum Gasteiger partial charge on any atom is 0.164 e. The second-order valence-electron chi connectivity index (χ2n) is 8.45. The molecule has 0 aromatic heterocycles. The Morgan fingerprint density at radius 2 is 1.70 bits per heavy atom. The average Bonchev–Trinajstić information content (AvgIpc) is 2.60. The lowest BCUT2D eigenvalue weighted by atomic mass is 9.77. The van der Waals surface area contributed by atoms with Gasteiger partial charge in [-0.05, 0) is 59.3 Å². The first-order valence-corrected chi connectivity index (χ1v) is 8.54. The summed E-state index contributed by atoms with van der Waals surface area (Å²) in [4.78, 5) is 0. The van der Waals surface area contributed by atoms with Gasteiger partial charge in [-0.3, -0.25) is 0 Å². The zero-order valence-corrected chi connectivity index (χ0v) is 14.4. The van der Waals surface area contributed by atoms with Crippen molar-refractivity contribution in [2.45, 2.75) is 104 Å². The van der Waals surface area contributed by atoms with E-state index < -0.39 is 0 Å². The van der Waals surface area contributed by atoms with Crippen molar-refractivity contribution in [1.29, 1.82) is 0 Å². The van der Waals surface area contributed by atoms with Crippen LogP contribution < -0.4 is 0 Å². The third-order valence-corrected chi connectivity index (χ3v) is 5.63. The minimum Gasteiger partial charge on any atom is -0.346 e. The van der Waals surface area contributed by atoms with Crippen LogP contribution in [0.4, 0.5) is 0 Å². The molecule has 2 heteroatoms. The Balaban J connectivity index is 2.07. The zero-order chi connectivity index (χ0) is 15.0. The van der Waals surface area contributed by atoms with Crippen molar-refractivity contribution in [3.8, 4) is 0 Å². The normalized spacial score (nSPS) is 35.4. The molecule has 1 aliphatic heterocycles. The molecule has 0 aromatic carbocycles. The Kier molecular flexibility index (Phi) is 4.57. The van der Waals surface area contributed by atoms with Crippen molar-refractivity contribution in [1.82, 2.24) is 0 Å². The van der Waals surface area contributed by atoms with Crippen LogP contribution in [0, 0.1) is 11.3 Å². The van der Waals surface area contributed by atoms with Gasteiger partial charge in [-0.1, -0.05) is 33.1 Å². The first kappa shape index (κ1) is 16.3. The number of ether oxygens (including phenoxy) is 2. The van der Waals surface area contributed by atoms with Crippen molar-refractivity contribution in [3.63, 3.8) is 0 Å². The van der Waals surface area contributed by atoms with Gasteiger partial charge in [0.05, 0.1) is 11.2 Å². The van der Waals surface area contributed by atoms with Crippen LogP contribution in [0.3, 0.4) is 0 Å². The van der Waals surface area contributed by atoms with E-state index in [4.69, 9.17) is 9.47 Å². The zero-order valence-electron chi connectivity index (χ0n) is 14.4. The molecule has 2 rings (SSSR count). The predicted molar refractivity (Wildman–Crippen MR) is 83.7 cm³/mol. The van der Waals surface area contributed by atoms with E-state index in [0.29, 0.717) is 5.92 Å². The number of hydrogen-bond acceptors (Lipinski definition) is 2. The molecule has 2 nitrogen and oxygen atoms in total. The molecular weight excluding hydrogens is 248 g/mol. The SMILES string of the molecule is CCC1(C)CC(C)(C)OC1OC(C)(C)C1CCCCC1. The van der Waals surface area contributed by atoms with Crippen molar-refractivity contribution < 1.29 is 9.47 Å². The van der Waals surface area contributed by atoms with E-state index in [9.17, 15) is 0 Å². The Bertz CT molecular complexity index is 328. The molecule has 2 atom stereocenters. The second-order valence-corrected chi connectivity index (χ2v) is 8.45. The van der Waals surface area contributed by atoms with E-state index >= 15 is 0 Å². The molecule has 0 bridgehead atoms. The van der Waals surface area contributed by atoms with Crippen LogP contribution in [0.25, 0.3) is 0 Å².